The Morgan fingerprint density at radius 2 is 1.84 bits per heavy atom. The van der Waals surface area contributed by atoms with E-state index in [2.05, 4.69) is 49.2 Å². The number of benzene rings is 2. The Labute approximate surface area is 218 Å². The van der Waals surface area contributed by atoms with Crippen molar-refractivity contribution in [2.24, 2.45) is 0 Å². The molecule has 190 valence electrons. The maximum atomic E-state index is 11.9. The second-order valence-corrected chi connectivity index (χ2v) is 9.64. The Balaban J connectivity index is 1.43. The number of rotatable bonds is 9. The summed E-state index contributed by atoms with van der Waals surface area (Å²) in [5.41, 5.74) is 9.69. The maximum Gasteiger partial charge on any atom is 0.159 e. The Kier molecular flexibility index (Phi) is 7.15. The van der Waals surface area contributed by atoms with Gasteiger partial charge in [-0.05, 0) is 66.3 Å². The van der Waals surface area contributed by atoms with Crippen LogP contribution in [0.25, 0.3) is 16.8 Å². The molecule has 2 aromatic rings. The summed E-state index contributed by atoms with van der Waals surface area (Å²) in [5, 5.41) is 3.25. The van der Waals surface area contributed by atoms with Gasteiger partial charge in [-0.25, -0.2) is 0 Å². The van der Waals surface area contributed by atoms with E-state index in [0.717, 1.165) is 66.2 Å². The summed E-state index contributed by atoms with van der Waals surface area (Å²) in [7, 11) is 1.65. The third kappa shape index (κ3) is 5.32. The first-order chi connectivity index (χ1) is 18.0. The molecule has 0 radical (unpaired) electrons. The summed E-state index contributed by atoms with van der Waals surface area (Å²) in [6.45, 7) is 9.20. The number of ketones is 1. The summed E-state index contributed by atoms with van der Waals surface area (Å²) in [6.07, 6.45) is 10.9. The standard InChI is InChI=1S/C32H33NO4/c1-5-6-26(23-8-10-31(29(16-23)30-19-33-30)37-25-11-13-36-14-12-25)28-17-24(15-20(28)2)27-9-7-22(21(3)34)18-32(27)35-4/h5-10,15-16,18-19,25,33H,1,11-14,17H2,2-4H3/b26-6-. The zero-order chi connectivity index (χ0) is 25.9. The van der Waals surface area contributed by atoms with Crippen molar-refractivity contribution in [3.05, 3.63) is 101 Å². The van der Waals surface area contributed by atoms with E-state index >= 15 is 0 Å². The molecule has 0 atom stereocenters. The van der Waals surface area contributed by atoms with Crippen LogP contribution in [0.1, 0.15) is 60.2 Å². The largest absolute Gasteiger partial charge is 0.496 e. The van der Waals surface area contributed by atoms with Crippen molar-refractivity contribution < 1.29 is 19.0 Å². The second-order valence-electron chi connectivity index (χ2n) is 9.64. The predicted octanol–water partition coefficient (Wildman–Crippen LogP) is 6.73. The van der Waals surface area contributed by atoms with Gasteiger partial charge < -0.3 is 19.5 Å². The fourth-order valence-electron chi connectivity index (χ4n) is 5.05. The highest BCUT2D eigenvalue weighted by molar-refractivity contribution is 5.96. The number of carbonyl (C=O) groups excluding carboxylic acids is 1. The van der Waals surface area contributed by atoms with Crippen molar-refractivity contribution in [3.63, 3.8) is 0 Å². The lowest BCUT2D eigenvalue weighted by atomic mass is 9.91. The molecule has 0 amide bonds. The first-order valence-corrected chi connectivity index (χ1v) is 12.8. The Morgan fingerprint density at radius 1 is 1.08 bits per heavy atom. The van der Waals surface area contributed by atoms with Crippen LogP contribution in [-0.2, 0) is 4.74 Å². The van der Waals surface area contributed by atoms with Gasteiger partial charge in [0.15, 0.2) is 5.78 Å². The fraction of sp³-hybridized carbons (Fsp3) is 0.281. The zero-order valence-corrected chi connectivity index (χ0v) is 21.7. The molecule has 1 fully saturated rings. The molecular weight excluding hydrogens is 462 g/mol. The topological polar surface area (TPSA) is 66.7 Å². The molecule has 0 saturated carbocycles. The van der Waals surface area contributed by atoms with Crippen molar-refractivity contribution in [3.8, 4) is 11.5 Å². The normalized spacial score (nSPS) is 17.6. The molecule has 5 nitrogen and oxygen atoms in total. The van der Waals surface area contributed by atoms with E-state index in [1.807, 2.05) is 30.5 Å². The number of ether oxygens (including phenoxy) is 3. The van der Waals surface area contributed by atoms with Gasteiger partial charge in [-0.3, -0.25) is 4.79 Å². The SMILES string of the molecule is C=C/C=C(\C1=C(C)C=C(c2ccc(C(C)=O)cc2OC)C1)c1ccc(OC2CCOCC2)c(C2=CN2)c1. The molecule has 37 heavy (non-hydrogen) atoms. The average molecular weight is 496 g/mol. The molecule has 0 spiro atoms. The quantitative estimate of drug-likeness (QED) is 0.309. The summed E-state index contributed by atoms with van der Waals surface area (Å²) < 4.78 is 17.5. The van der Waals surface area contributed by atoms with Gasteiger partial charge in [-0.2, -0.15) is 0 Å². The Morgan fingerprint density at radius 3 is 2.51 bits per heavy atom. The number of allylic oxidation sites excluding steroid dienone is 7. The molecule has 1 aliphatic carbocycles. The molecular formula is C32H33NO4. The number of hydrogen-bond donors (Lipinski definition) is 1. The van der Waals surface area contributed by atoms with Gasteiger partial charge in [0.1, 0.15) is 17.6 Å². The molecule has 1 N–H and O–H groups in total. The molecule has 0 unspecified atom stereocenters. The lowest BCUT2D eigenvalue weighted by molar-refractivity contribution is 0.0254. The van der Waals surface area contributed by atoms with Crippen molar-refractivity contribution in [2.45, 2.75) is 39.2 Å². The van der Waals surface area contributed by atoms with Crippen molar-refractivity contribution in [1.82, 2.24) is 5.32 Å². The number of carbonyl (C=O) groups is 1. The highest BCUT2D eigenvalue weighted by Gasteiger charge is 2.25. The van der Waals surface area contributed by atoms with Crippen LogP contribution in [0.3, 0.4) is 0 Å². The van der Waals surface area contributed by atoms with Gasteiger partial charge in [-0.15, -0.1) is 0 Å². The first-order valence-electron chi connectivity index (χ1n) is 12.8. The summed E-state index contributed by atoms with van der Waals surface area (Å²) in [5.74, 6) is 1.64. The van der Waals surface area contributed by atoms with Crippen molar-refractivity contribution in [2.75, 3.05) is 20.3 Å². The van der Waals surface area contributed by atoms with Gasteiger partial charge in [-0.1, -0.05) is 43.0 Å². The summed E-state index contributed by atoms with van der Waals surface area (Å²) in [6, 6.07) is 12.1. The minimum absolute atomic E-state index is 0.0248. The molecule has 1 saturated heterocycles. The van der Waals surface area contributed by atoms with Gasteiger partial charge >= 0.3 is 0 Å². The van der Waals surface area contributed by atoms with Crippen molar-refractivity contribution in [1.29, 1.82) is 0 Å². The van der Waals surface area contributed by atoms with E-state index in [-0.39, 0.29) is 11.9 Å². The zero-order valence-electron chi connectivity index (χ0n) is 21.7. The molecule has 2 aromatic carbocycles. The molecule has 0 bridgehead atoms. The monoisotopic (exact) mass is 495 g/mol. The van der Waals surface area contributed by atoms with Crippen molar-refractivity contribution >= 4 is 22.6 Å². The predicted molar refractivity (Wildman–Crippen MR) is 148 cm³/mol. The van der Waals surface area contributed by atoms with E-state index in [9.17, 15) is 4.79 Å². The third-order valence-corrected chi connectivity index (χ3v) is 7.13. The van der Waals surface area contributed by atoms with Gasteiger partial charge in [0.05, 0.1) is 26.0 Å². The lowest BCUT2D eigenvalue weighted by Gasteiger charge is -2.24. The van der Waals surface area contributed by atoms with Gasteiger partial charge in [0, 0.05) is 35.7 Å². The number of nitrogens with one attached hydrogen (secondary N) is 1. The van der Waals surface area contributed by atoms with E-state index in [1.54, 1.807) is 14.0 Å². The molecule has 5 heteroatoms. The minimum Gasteiger partial charge on any atom is -0.496 e. The van der Waals surface area contributed by atoms with E-state index in [4.69, 9.17) is 14.2 Å². The summed E-state index contributed by atoms with van der Waals surface area (Å²) in [4.78, 5) is 11.9. The van der Waals surface area contributed by atoms with Gasteiger partial charge in [0.2, 0.25) is 0 Å². The Hall–Kier alpha value is -3.83. The third-order valence-electron chi connectivity index (χ3n) is 7.13. The van der Waals surface area contributed by atoms with Crippen LogP contribution in [0.15, 0.2) is 78.6 Å². The van der Waals surface area contributed by atoms with Crippen LogP contribution in [0.4, 0.5) is 0 Å². The summed E-state index contributed by atoms with van der Waals surface area (Å²) >= 11 is 0. The lowest BCUT2D eigenvalue weighted by Crippen LogP contribution is -2.26. The molecule has 5 rings (SSSR count). The highest BCUT2D eigenvalue weighted by Crippen LogP contribution is 2.43. The fourth-order valence-corrected chi connectivity index (χ4v) is 5.05. The molecule has 0 aromatic heterocycles. The van der Waals surface area contributed by atoms with Crippen LogP contribution in [0, 0.1) is 0 Å². The highest BCUT2D eigenvalue weighted by atomic mass is 16.5. The van der Waals surface area contributed by atoms with E-state index < -0.39 is 0 Å². The molecule has 2 aliphatic heterocycles. The number of Topliss-reactive ketones (excluding diaryl/α,β-unsaturated/α-hetero) is 1. The smallest absolute Gasteiger partial charge is 0.159 e. The number of methoxy groups -OCH3 is 1. The van der Waals surface area contributed by atoms with Crippen LogP contribution < -0.4 is 14.8 Å². The average Bonchev–Trinajstić information content (AvgIpc) is 3.69. The van der Waals surface area contributed by atoms with Crippen LogP contribution >= 0.6 is 0 Å². The van der Waals surface area contributed by atoms with E-state index in [0.29, 0.717) is 11.3 Å². The molecule has 3 aliphatic rings. The van der Waals surface area contributed by atoms with E-state index in [1.165, 1.54) is 16.7 Å². The van der Waals surface area contributed by atoms with Crippen LogP contribution in [0.5, 0.6) is 11.5 Å². The minimum atomic E-state index is 0.0248. The number of hydrogen-bond acceptors (Lipinski definition) is 5. The Bertz CT molecular complexity index is 1370. The maximum absolute atomic E-state index is 11.9. The molecule has 2 heterocycles. The van der Waals surface area contributed by atoms with Crippen LogP contribution in [-0.4, -0.2) is 32.2 Å². The van der Waals surface area contributed by atoms with Crippen LogP contribution in [0.2, 0.25) is 0 Å². The first kappa shape index (κ1) is 24.8. The second kappa shape index (κ2) is 10.7. The van der Waals surface area contributed by atoms with Gasteiger partial charge in [0.25, 0.3) is 0 Å².